The van der Waals surface area contributed by atoms with E-state index < -0.39 is 9.84 Å². The lowest BCUT2D eigenvalue weighted by atomic mass is 10.4. The topological polar surface area (TPSA) is 69.4 Å². The highest BCUT2D eigenvalue weighted by Gasteiger charge is 2.13. The zero-order valence-corrected chi connectivity index (χ0v) is 10.4. The molecule has 0 aromatic heterocycles. The Morgan fingerprint density at radius 1 is 1.27 bits per heavy atom. The molecular weight excluding hydrogens is 282 g/mol. The van der Waals surface area contributed by atoms with Crippen LogP contribution in [-0.4, -0.2) is 20.8 Å². The van der Waals surface area contributed by atoms with Crippen LogP contribution in [0.1, 0.15) is 6.42 Å². The molecule has 6 heteroatoms. The predicted molar refractivity (Wildman–Crippen MR) is 61.0 cm³/mol. The Bertz CT molecular complexity index is 402. The molecule has 2 N–H and O–H groups in total. The SMILES string of the molecule is NOCCCS(=O)(=O)c1ccc(Br)cc1. The van der Waals surface area contributed by atoms with E-state index >= 15 is 0 Å². The summed E-state index contributed by atoms with van der Waals surface area (Å²) in [6.45, 7) is 0.246. The van der Waals surface area contributed by atoms with Gasteiger partial charge in [-0.05, 0) is 30.7 Å². The van der Waals surface area contributed by atoms with Gasteiger partial charge >= 0.3 is 0 Å². The van der Waals surface area contributed by atoms with E-state index in [9.17, 15) is 8.42 Å². The van der Waals surface area contributed by atoms with E-state index in [1.165, 1.54) is 0 Å². The summed E-state index contributed by atoms with van der Waals surface area (Å²) >= 11 is 3.24. The van der Waals surface area contributed by atoms with Gasteiger partial charge < -0.3 is 4.84 Å². The van der Waals surface area contributed by atoms with E-state index in [0.717, 1.165) is 4.47 Å². The van der Waals surface area contributed by atoms with Crippen molar-refractivity contribution in [3.63, 3.8) is 0 Å². The zero-order chi connectivity index (χ0) is 11.3. The van der Waals surface area contributed by atoms with Gasteiger partial charge in [0.1, 0.15) is 0 Å². The fraction of sp³-hybridized carbons (Fsp3) is 0.333. The Labute approximate surface area is 97.4 Å². The third kappa shape index (κ3) is 3.90. The Balaban J connectivity index is 2.73. The number of hydrogen-bond acceptors (Lipinski definition) is 4. The normalized spacial score (nSPS) is 11.6. The summed E-state index contributed by atoms with van der Waals surface area (Å²) in [5, 5.41) is 0. The molecule has 0 amide bonds. The van der Waals surface area contributed by atoms with Crippen LogP contribution < -0.4 is 5.90 Å². The highest BCUT2D eigenvalue weighted by Crippen LogP contribution is 2.16. The minimum absolute atomic E-state index is 0.0475. The van der Waals surface area contributed by atoms with Crippen LogP contribution in [0.5, 0.6) is 0 Å². The molecule has 84 valence electrons. The second-order valence-corrected chi connectivity index (χ2v) is 6.02. The average Bonchev–Trinajstić information content (AvgIpc) is 2.18. The third-order valence-electron chi connectivity index (χ3n) is 1.85. The van der Waals surface area contributed by atoms with Crippen molar-refractivity contribution in [2.45, 2.75) is 11.3 Å². The Kier molecular flexibility index (Phi) is 4.72. The number of hydrogen-bond donors (Lipinski definition) is 1. The molecule has 0 aliphatic heterocycles. The fourth-order valence-corrected chi connectivity index (χ4v) is 2.64. The van der Waals surface area contributed by atoms with Gasteiger partial charge in [0.15, 0.2) is 9.84 Å². The molecule has 4 nitrogen and oxygen atoms in total. The van der Waals surface area contributed by atoms with Gasteiger partial charge in [-0.2, -0.15) is 0 Å². The summed E-state index contributed by atoms with van der Waals surface area (Å²) in [7, 11) is -3.21. The number of rotatable bonds is 5. The highest BCUT2D eigenvalue weighted by atomic mass is 79.9. The minimum atomic E-state index is -3.21. The van der Waals surface area contributed by atoms with E-state index in [-0.39, 0.29) is 12.4 Å². The summed E-state index contributed by atoms with van der Waals surface area (Å²) in [5.41, 5.74) is 0. The summed E-state index contributed by atoms with van der Waals surface area (Å²) in [6, 6.07) is 6.55. The van der Waals surface area contributed by atoms with Gasteiger partial charge in [0, 0.05) is 4.47 Å². The molecule has 0 bridgehead atoms. The first-order valence-electron chi connectivity index (χ1n) is 4.36. The maximum Gasteiger partial charge on any atom is 0.178 e. The van der Waals surface area contributed by atoms with Crippen molar-refractivity contribution in [2.24, 2.45) is 5.90 Å². The maximum absolute atomic E-state index is 11.7. The first kappa shape index (κ1) is 12.6. The molecule has 0 aliphatic carbocycles. The van der Waals surface area contributed by atoms with Crippen molar-refractivity contribution >= 4 is 25.8 Å². The van der Waals surface area contributed by atoms with Crippen LogP contribution in [0.15, 0.2) is 33.6 Å². The van der Waals surface area contributed by atoms with Crippen molar-refractivity contribution < 1.29 is 13.3 Å². The van der Waals surface area contributed by atoms with Crippen LogP contribution in [0.2, 0.25) is 0 Å². The highest BCUT2D eigenvalue weighted by molar-refractivity contribution is 9.10. The minimum Gasteiger partial charge on any atom is -0.305 e. The fourth-order valence-electron chi connectivity index (χ4n) is 1.09. The van der Waals surface area contributed by atoms with Crippen molar-refractivity contribution in [1.29, 1.82) is 0 Å². The molecule has 0 saturated carbocycles. The van der Waals surface area contributed by atoms with Crippen molar-refractivity contribution in [2.75, 3.05) is 12.4 Å². The second-order valence-electron chi connectivity index (χ2n) is 3.00. The lowest BCUT2D eigenvalue weighted by Gasteiger charge is -2.03. The van der Waals surface area contributed by atoms with Gasteiger partial charge in [0.25, 0.3) is 0 Å². The Morgan fingerprint density at radius 3 is 2.40 bits per heavy atom. The molecule has 15 heavy (non-hydrogen) atoms. The number of sulfone groups is 1. The molecule has 0 aliphatic rings. The molecule has 0 fully saturated rings. The monoisotopic (exact) mass is 293 g/mol. The van der Waals surface area contributed by atoms with Gasteiger partial charge in [0.2, 0.25) is 0 Å². The molecule has 1 aromatic carbocycles. The zero-order valence-electron chi connectivity index (χ0n) is 8.02. The van der Waals surface area contributed by atoms with Crippen LogP contribution in [0.25, 0.3) is 0 Å². The third-order valence-corrected chi connectivity index (χ3v) is 4.19. The standard InChI is InChI=1S/C9H12BrNO3S/c10-8-2-4-9(5-3-8)15(12,13)7-1-6-14-11/h2-5H,1,6-7,11H2. The average molecular weight is 294 g/mol. The molecular formula is C9H12BrNO3S. The van der Waals surface area contributed by atoms with E-state index in [0.29, 0.717) is 11.3 Å². The van der Waals surface area contributed by atoms with Crippen molar-refractivity contribution in [3.8, 4) is 0 Å². The van der Waals surface area contributed by atoms with E-state index in [2.05, 4.69) is 20.8 Å². The summed E-state index contributed by atoms with van der Waals surface area (Å²) in [6.07, 6.45) is 0.398. The first-order chi connectivity index (χ1) is 7.06. The maximum atomic E-state index is 11.7. The molecule has 0 saturated heterocycles. The largest absolute Gasteiger partial charge is 0.305 e. The molecule has 0 unspecified atom stereocenters. The lowest BCUT2D eigenvalue weighted by molar-refractivity contribution is 0.139. The number of nitrogens with two attached hydrogens (primary N) is 1. The van der Waals surface area contributed by atoms with Crippen LogP contribution in [0.3, 0.4) is 0 Å². The number of benzene rings is 1. The van der Waals surface area contributed by atoms with Gasteiger partial charge in [0.05, 0.1) is 17.3 Å². The van der Waals surface area contributed by atoms with Crippen LogP contribution in [0, 0.1) is 0 Å². The molecule has 0 radical (unpaired) electrons. The molecule has 0 spiro atoms. The van der Waals surface area contributed by atoms with E-state index in [1.54, 1.807) is 24.3 Å². The van der Waals surface area contributed by atoms with Crippen LogP contribution in [-0.2, 0) is 14.7 Å². The van der Waals surface area contributed by atoms with Crippen molar-refractivity contribution in [1.82, 2.24) is 0 Å². The van der Waals surface area contributed by atoms with Crippen molar-refractivity contribution in [3.05, 3.63) is 28.7 Å². The Morgan fingerprint density at radius 2 is 1.87 bits per heavy atom. The molecule has 0 atom stereocenters. The van der Waals surface area contributed by atoms with Gasteiger partial charge in [-0.25, -0.2) is 14.3 Å². The quantitative estimate of drug-likeness (QED) is 0.660. The Hall–Kier alpha value is -0.430. The smallest absolute Gasteiger partial charge is 0.178 e. The molecule has 1 rings (SSSR count). The summed E-state index contributed by atoms with van der Waals surface area (Å²) < 4.78 is 24.3. The van der Waals surface area contributed by atoms with Crippen LogP contribution in [0.4, 0.5) is 0 Å². The summed E-state index contributed by atoms with van der Waals surface area (Å²) in [4.78, 5) is 4.64. The van der Waals surface area contributed by atoms with Gasteiger partial charge in [-0.3, -0.25) is 0 Å². The van der Waals surface area contributed by atoms with Gasteiger partial charge in [-0.15, -0.1) is 0 Å². The molecule has 1 aromatic rings. The van der Waals surface area contributed by atoms with Crippen LogP contribution >= 0.6 is 15.9 Å². The van der Waals surface area contributed by atoms with Gasteiger partial charge in [-0.1, -0.05) is 15.9 Å². The van der Waals surface area contributed by atoms with E-state index in [4.69, 9.17) is 5.90 Å². The second kappa shape index (κ2) is 5.60. The number of halogens is 1. The molecule has 0 heterocycles. The summed E-state index contributed by atoms with van der Waals surface area (Å²) in [5.74, 6) is 4.86. The van der Waals surface area contributed by atoms with E-state index in [1.807, 2.05) is 0 Å². The first-order valence-corrected chi connectivity index (χ1v) is 6.81. The lowest BCUT2D eigenvalue weighted by Crippen LogP contribution is -2.10. The predicted octanol–water partition coefficient (Wildman–Crippen LogP) is 1.50.